The molecule has 0 heterocycles. The van der Waals surface area contributed by atoms with Gasteiger partial charge in [0, 0.05) is 11.8 Å². The topological polar surface area (TPSA) is 58.6 Å². The molecule has 0 fully saturated rings. The van der Waals surface area contributed by atoms with Crippen molar-refractivity contribution in [3.63, 3.8) is 0 Å². The van der Waals surface area contributed by atoms with Crippen molar-refractivity contribution < 1.29 is 13.0 Å². The minimum atomic E-state index is -2.31. The maximum atomic E-state index is 9.34. The van der Waals surface area contributed by atoms with Gasteiger partial charge in [-0.25, -0.2) is 0 Å². The molecular formula is H2ClNO3S. The summed E-state index contributed by atoms with van der Waals surface area (Å²) in [4.78, 5) is 1.49. The van der Waals surface area contributed by atoms with Crippen molar-refractivity contribution in [1.82, 2.24) is 5.00 Å². The van der Waals surface area contributed by atoms with Crippen LogP contribution in [0.4, 0.5) is 0 Å². The lowest BCUT2D eigenvalue weighted by Gasteiger charge is -1.83. The van der Waals surface area contributed by atoms with Gasteiger partial charge in [-0.2, -0.15) is 8.49 Å². The predicted molar refractivity (Wildman–Crippen MR) is 20.8 cm³/mol. The summed E-state index contributed by atoms with van der Waals surface area (Å²) >= 11 is 2.26. The van der Waals surface area contributed by atoms with Crippen molar-refractivity contribution in [3.8, 4) is 0 Å². The van der Waals surface area contributed by atoms with Gasteiger partial charge in [0.05, 0.1) is 0 Å². The van der Waals surface area contributed by atoms with Crippen LogP contribution in [0.25, 0.3) is 0 Å². The van der Waals surface area contributed by atoms with Crippen molar-refractivity contribution in [1.29, 1.82) is 0 Å². The van der Waals surface area contributed by atoms with E-state index >= 15 is 0 Å². The predicted octanol–water partition coefficient (Wildman–Crippen LogP) is -0.202. The third kappa shape index (κ3) is 4.32. The number of nitrogens with one attached hydrogen (secondary N) is 1. The molecule has 6 heteroatoms. The smallest absolute Gasteiger partial charge is 0.283 e. The molecule has 0 aliphatic carbocycles. The van der Waals surface area contributed by atoms with Gasteiger partial charge in [0.2, 0.25) is 0 Å². The Morgan fingerprint density at radius 2 is 2.50 bits per heavy atom. The first-order chi connectivity index (χ1) is 2.77. The van der Waals surface area contributed by atoms with E-state index < -0.39 is 11.4 Å². The van der Waals surface area contributed by atoms with Gasteiger partial charge in [-0.1, -0.05) is 5.00 Å². The molecular weight excluding hydrogens is 130 g/mol. The van der Waals surface area contributed by atoms with E-state index in [0.717, 1.165) is 0 Å². The molecule has 0 saturated carbocycles. The molecule has 2 N–H and O–H groups in total. The number of rotatable bonds is 2. The largest absolute Gasteiger partial charge is 0.320 e. The highest BCUT2D eigenvalue weighted by atomic mass is 35.5. The molecule has 0 aromatic rings. The third-order valence-corrected chi connectivity index (χ3v) is 0.497. The minimum Gasteiger partial charge on any atom is -0.283 e. The monoisotopic (exact) mass is 131 g/mol. The zero-order chi connectivity index (χ0) is 4.99. The van der Waals surface area contributed by atoms with Crippen molar-refractivity contribution in [2.24, 2.45) is 0 Å². The Bertz CT molecular complexity index is 54.8. The molecule has 4 nitrogen and oxygen atoms in total. The molecule has 0 aromatic heterocycles. The van der Waals surface area contributed by atoms with Gasteiger partial charge >= 0.3 is 11.4 Å². The average molecular weight is 132 g/mol. The Balaban J connectivity index is 2.83. The fraction of sp³-hybridized carbons (Fsp3) is 0. The van der Waals surface area contributed by atoms with Crippen LogP contribution in [0.1, 0.15) is 0 Å². The molecule has 0 aliphatic rings. The Kier molecular flexibility index (Phi) is 3.70. The van der Waals surface area contributed by atoms with Crippen LogP contribution in [-0.2, 0) is 15.6 Å². The highest BCUT2D eigenvalue weighted by Crippen LogP contribution is 1.70. The van der Waals surface area contributed by atoms with Crippen LogP contribution in [0.3, 0.4) is 0 Å². The van der Waals surface area contributed by atoms with E-state index in [1.165, 1.54) is 5.00 Å². The zero-order valence-corrected chi connectivity index (χ0v) is 4.12. The Hall–Kier alpha value is 0.320. The molecule has 0 spiro atoms. The van der Waals surface area contributed by atoms with Gasteiger partial charge < -0.3 is 0 Å². The van der Waals surface area contributed by atoms with Crippen LogP contribution in [-0.4, -0.2) is 8.76 Å². The molecule has 0 rings (SSSR count). The van der Waals surface area contributed by atoms with Crippen LogP contribution >= 0.6 is 11.8 Å². The minimum absolute atomic E-state index is 1.49. The second-order valence-corrected chi connectivity index (χ2v) is 1.13. The second-order valence-electron chi connectivity index (χ2n) is 0.378. The summed E-state index contributed by atoms with van der Waals surface area (Å²) in [6.07, 6.45) is 0. The SMILES string of the molecule is O=S(O)ONCl. The average Bonchev–Trinajstić information content (AvgIpc) is 1.35. The summed E-state index contributed by atoms with van der Waals surface area (Å²) in [6.45, 7) is 0. The van der Waals surface area contributed by atoms with E-state index in [1.807, 2.05) is 0 Å². The zero-order valence-electron chi connectivity index (χ0n) is 2.55. The van der Waals surface area contributed by atoms with Crippen LogP contribution in [0.15, 0.2) is 0 Å². The van der Waals surface area contributed by atoms with E-state index in [9.17, 15) is 4.21 Å². The molecule has 0 amide bonds. The van der Waals surface area contributed by atoms with Crippen LogP contribution < -0.4 is 5.00 Å². The summed E-state index contributed by atoms with van der Waals surface area (Å²) in [5.41, 5.74) is 0. The Morgan fingerprint density at radius 3 is 2.50 bits per heavy atom. The fourth-order valence-electron chi connectivity index (χ4n) is 0.0269. The summed E-state index contributed by atoms with van der Waals surface area (Å²) in [5.74, 6) is 0. The summed E-state index contributed by atoms with van der Waals surface area (Å²) in [7, 11) is 0. The second kappa shape index (κ2) is 3.51. The first-order valence-electron chi connectivity index (χ1n) is 0.909. The lowest BCUT2D eigenvalue weighted by molar-refractivity contribution is 0.272. The Morgan fingerprint density at radius 1 is 2.00 bits per heavy atom. The van der Waals surface area contributed by atoms with Gasteiger partial charge in [0.25, 0.3) is 0 Å². The van der Waals surface area contributed by atoms with Crippen molar-refractivity contribution in [2.45, 2.75) is 0 Å². The highest BCUT2D eigenvalue weighted by molar-refractivity contribution is 7.74. The maximum absolute atomic E-state index is 9.34. The van der Waals surface area contributed by atoms with Gasteiger partial charge in [-0.3, -0.25) is 4.55 Å². The molecule has 6 heavy (non-hydrogen) atoms. The Labute approximate surface area is 42.0 Å². The van der Waals surface area contributed by atoms with E-state index in [0.29, 0.717) is 0 Å². The van der Waals surface area contributed by atoms with Crippen LogP contribution in [0.5, 0.6) is 0 Å². The van der Waals surface area contributed by atoms with E-state index in [2.05, 4.69) is 16.1 Å². The van der Waals surface area contributed by atoms with Crippen molar-refractivity contribution in [2.75, 3.05) is 0 Å². The number of hydrogen-bond acceptors (Lipinski definition) is 3. The molecule has 0 aliphatic heterocycles. The maximum Gasteiger partial charge on any atom is 0.320 e. The standard InChI is InChI=1S/ClH2NO3S/c1-2-5-6(3)4/h2H,(H,3,4). The van der Waals surface area contributed by atoms with Crippen LogP contribution in [0.2, 0.25) is 0 Å². The summed E-state index contributed by atoms with van der Waals surface area (Å²) < 4.78 is 20.6. The molecule has 0 bridgehead atoms. The van der Waals surface area contributed by atoms with Crippen molar-refractivity contribution in [3.05, 3.63) is 0 Å². The molecule has 0 saturated heterocycles. The quantitative estimate of drug-likeness (QED) is 0.310. The van der Waals surface area contributed by atoms with Gasteiger partial charge in [0.1, 0.15) is 0 Å². The van der Waals surface area contributed by atoms with Gasteiger partial charge in [-0.15, -0.1) is 0 Å². The molecule has 1 atom stereocenters. The lowest BCUT2D eigenvalue weighted by atomic mass is 13.5. The summed E-state index contributed by atoms with van der Waals surface area (Å²) in [6, 6.07) is 0. The molecule has 0 radical (unpaired) electrons. The van der Waals surface area contributed by atoms with Gasteiger partial charge in [0.15, 0.2) is 0 Å². The van der Waals surface area contributed by atoms with Crippen molar-refractivity contribution >= 4 is 23.1 Å². The lowest BCUT2D eigenvalue weighted by Crippen LogP contribution is -2.01. The van der Waals surface area contributed by atoms with Crippen LogP contribution in [0, 0.1) is 0 Å². The first kappa shape index (κ1) is 6.32. The molecule has 38 valence electrons. The molecule has 0 aromatic carbocycles. The van der Waals surface area contributed by atoms with E-state index in [4.69, 9.17) is 4.55 Å². The normalized spacial score (nSPS) is 14.3. The number of halogens is 1. The fourth-order valence-corrected chi connectivity index (χ4v) is 0.243. The molecule has 1 unspecified atom stereocenters. The van der Waals surface area contributed by atoms with E-state index in [1.54, 1.807) is 0 Å². The third-order valence-electron chi connectivity index (χ3n) is 0.103. The number of hydrogen-bond donors (Lipinski definition) is 2. The highest BCUT2D eigenvalue weighted by Gasteiger charge is 1.83. The van der Waals surface area contributed by atoms with Gasteiger partial charge in [-0.05, 0) is 0 Å². The van der Waals surface area contributed by atoms with E-state index in [-0.39, 0.29) is 0 Å². The first-order valence-corrected chi connectivity index (χ1v) is 2.32. The summed E-state index contributed by atoms with van der Waals surface area (Å²) in [5, 5.41) is 0.